The Bertz CT molecular complexity index is 579. The molecule has 0 unspecified atom stereocenters. The highest BCUT2D eigenvalue weighted by Gasteiger charge is 2.16. The van der Waals surface area contributed by atoms with Gasteiger partial charge >= 0.3 is 5.97 Å². The summed E-state index contributed by atoms with van der Waals surface area (Å²) in [6.45, 7) is 4.77. The molecule has 0 aromatic carbocycles. The molecule has 0 aliphatic carbocycles. The Kier molecular flexibility index (Phi) is 4.54. The monoisotopic (exact) mass is 298 g/mol. The van der Waals surface area contributed by atoms with E-state index in [1.54, 1.807) is 17.5 Å². The highest BCUT2D eigenvalue weighted by molar-refractivity contribution is 7.99. The number of thioether (sulfide) groups is 1. The van der Waals surface area contributed by atoms with Crippen molar-refractivity contribution in [3.05, 3.63) is 11.2 Å². The Hall–Kier alpha value is -1.41. The van der Waals surface area contributed by atoms with Crippen LogP contribution in [0, 0.1) is 6.92 Å². The largest absolute Gasteiger partial charge is 0.481 e. The third kappa shape index (κ3) is 3.32. The molecule has 102 valence electrons. The number of hydrogen-bond acceptors (Lipinski definition) is 6. The Balaban J connectivity index is 2.31. The molecule has 0 saturated carbocycles. The summed E-state index contributed by atoms with van der Waals surface area (Å²) in [5.74, 6) is -0.101. The summed E-state index contributed by atoms with van der Waals surface area (Å²) >= 11 is 2.75. The van der Waals surface area contributed by atoms with Crippen LogP contribution in [0.1, 0.15) is 18.4 Å². The van der Waals surface area contributed by atoms with Gasteiger partial charge in [0.2, 0.25) is 0 Å². The van der Waals surface area contributed by atoms with Crippen molar-refractivity contribution in [3.63, 3.8) is 0 Å². The van der Waals surface area contributed by atoms with Gasteiger partial charge < -0.3 is 9.67 Å². The number of carboxylic acid groups (broad SMARTS) is 1. The zero-order chi connectivity index (χ0) is 13.8. The predicted octanol–water partition coefficient (Wildman–Crippen LogP) is 2.30. The fourth-order valence-electron chi connectivity index (χ4n) is 1.59. The SMILES string of the molecule is CCCn1c(SCC(=O)O)nnc1-c1cnc(C)s1. The maximum Gasteiger partial charge on any atom is 0.313 e. The molecular weight excluding hydrogens is 284 g/mol. The van der Waals surface area contributed by atoms with Crippen LogP contribution in [0.4, 0.5) is 0 Å². The molecule has 0 aliphatic heterocycles. The third-order valence-corrected chi connectivity index (χ3v) is 4.19. The van der Waals surface area contributed by atoms with Crippen molar-refractivity contribution in [2.75, 3.05) is 5.75 Å². The minimum absolute atomic E-state index is 0.0104. The number of aryl methyl sites for hydroxylation is 1. The van der Waals surface area contributed by atoms with Crippen LogP contribution in [0.3, 0.4) is 0 Å². The third-order valence-electron chi connectivity index (χ3n) is 2.33. The van der Waals surface area contributed by atoms with Gasteiger partial charge in [0.25, 0.3) is 0 Å². The van der Waals surface area contributed by atoms with Crippen molar-refractivity contribution in [2.45, 2.75) is 32.0 Å². The average molecular weight is 298 g/mol. The summed E-state index contributed by atoms with van der Waals surface area (Å²) in [5, 5.41) is 18.6. The molecule has 2 heterocycles. The molecule has 0 fully saturated rings. The van der Waals surface area contributed by atoms with E-state index in [0.29, 0.717) is 5.16 Å². The van der Waals surface area contributed by atoms with E-state index in [0.717, 1.165) is 28.7 Å². The van der Waals surface area contributed by atoms with Gasteiger partial charge in [-0.05, 0) is 13.3 Å². The van der Waals surface area contributed by atoms with Gasteiger partial charge in [-0.1, -0.05) is 18.7 Å². The molecule has 6 nitrogen and oxygen atoms in total. The van der Waals surface area contributed by atoms with Crippen molar-refractivity contribution in [2.24, 2.45) is 0 Å². The van der Waals surface area contributed by atoms with Crippen molar-refractivity contribution in [1.29, 1.82) is 0 Å². The standard InChI is InChI=1S/C11H14N4O2S2/c1-3-4-15-10(8-5-12-7(2)19-8)13-14-11(15)18-6-9(16)17/h5H,3-4,6H2,1-2H3,(H,16,17). The number of carboxylic acids is 1. The highest BCUT2D eigenvalue weighted by Crippen LogP contribution is 2.28. The summed E-state index contributed by atoms with van der Waals surface area (Å²) in [7, 11) is 0. The number of aliphatic carboxylic acids is 1. The zero-order valence-electron chi connectivity index (χ0n) is 10.7. The van der Waals surface area contributed by atoms with Crippen LogP contribution in [0.5, 0.6) is 0 Å². The normalized spacial score (nSPS) is 10.8. The molecule has 1 N–H and O–H groups in total. The molecule has 2 aromatic rings. The quantitative estimate of drug-likeness (QED) is 0.824. The number of carbonyl (C=O) groups is 1. The minimum atomic E-state index is -0.855. The summed E-state index contributed by atoms with van der Waals surface area (Å²) in [6, 6.07) is 0. The lowest BCUT2D eigenvalue weighted by Crippen LogP contribution is -2.04. The molecular formula is C11H14N4O2S2. The van der Waals surface area contributed by atoms with Crippen LogP contribution < -0.4 is 0 Å². The lowest BCUT2D eigenvalue weighted by molar-refractivity contribution is -0.133. The summed E-state index contributed by atoms with van der Waals surface area (Å²) in [6.07, 6.45) is 2.71. The molecule has 0 radical (unpaired) electrons. The minimum Gasteiger partial charge on any atom is -0.481 e. The van der Waals surface area contributed by atoms with E-state index in [9.17, 15) is 4.79 Å². The Morgan fingerprint density at radius 3 is 2.89 bits per heavy atom. The number of hydrogen-bond donors (Lipinski definition) is 1. The van der Waals surface area contributed by atoms with Crippen molar-refractivity contribution < 1.29 is 9.90 Å². The first-order valence-corrected chi connectivity index (χ1v) is 7.62. The summed E-state index contributed by atoms with van der Waals surface area (Å²) in [5.41, 5.74) is 0. The first kappa shape index (κ1) is 14.0. The second-order valence-electron chi connectivity index (χ2n) is 3.88. The van der Waals surface area contributed by atoms with E-state index in [4.69, 9.17) is 5.11 Å². The van der Waals surface area contributed by atoms with E-state index in [2.05, 4.69) is 22.1 Å². The van der Waals surface area contributed by atoms with Gasteiger partial charge in [-0.3, -0.25) is 4.79 Å². The Labute approximate surface area is 118 Å². The smallest absolute Gasteiger partial charge is 0.313 e. The van der Waals surface area contributed by atoms with Gasteiger partial charge in [-0.25, -0.2) is 4.98 Å². The fraction of sp³-hybridized carbons (Fsp3) is 0.455. The lowest BCUT2D eigenvalue weighted by Gasteiger charge is -2.06. The van der Waals surface area contributed by atoms with Gasteiger partial charge in [-0.2, -0.15) is 0 Å². The molecule has 2 aromatic heterocycles. The van der Waals surface area contributed by atoms with E-state index in [-0.39, 0.29) is 5.75 Å². The second kappa shape index (κ2) is 6.16. The number of aromatic nitrogens is 4. The second-order valence-corrected chi connectivity index (χ2v) is 6.06. The first-order valence-electron chi connectivity index (χ1n) is 5.82. The van der Waals surface area contributed by atoms with Crippen LogP contribution in [-0.4, -0.2) is 36.6 Å². The molecule has 2 rings (SSSR count). The molecule has 8 heteroatoms. The zero-order valence-corrected chi connectivity index (χ0v) is 12.3. The van der Waals surface area contributed by atoms with Crippen LogP contribution in [0.25, 0.3) is 10.7 Å². The van der Waals surface area contributed by atoms with Crippen molar-refractivity contribution in [3.8, 4) is 10.7 Å². The average Bonchev–Trinajstić information content (AvgIpc) is 2.94. The number of thiazole rings is 1. The van der Waals surface area contributed by atoms with Crippen LogP contribution in [-0.2, 0) is 11.3 Å². The molecule has 0 amide bonds. The van der Waals surface area contributed by atoms with Crippen LogP contribution >= 0.6 is 23.1 Å². The predicted molar refractivity (Wildman–Crippen MR) is 74.5 cm³/mol. The highest BCUT2D eigenvalue weighted by atomic mass is 32.2. The Morgan fingerprint density at radius 2 is 2.32 bits per heavy atom. The van der Waals surface area contributed by atoms with Crippen molar-refractivity contribution >= 4 is 29.1 Å². The van der Waals surface area contributed by atoms with Gasteiger partial charge in [0.1, 0.15) is 0 Å². The van der Waals surface area contributed by atoms with Crippen LogP contribution in [0.2, 0.25) is 0 Å². The van der Waals surface area contributed by atoms with Gasteiger partial charge in [0, 0.05) is 12.7 Å². The molecule has 0 aliphatic rings. The molecule has 0 atom stereocenters. The van der Waals surface area contributed by atoms with Gasteiger partial charge in [0.15, 0.2) is 11.0 Å². The summed E-state index contributed by atoms with van der Waals surface area (Å²) in [4.78, 5) is 15.8. The van der Waals surface area contributed by atoms with Gasteiger partial charge in [0.05, 0.1) is 15.6 Å². The van der Waals surface area contributed by atoms with E-state index < -0.39 is 5.97 Å². The Morgan fingerprint density at radius 1 is 1.53 bits per heavy atom. The number of rotatable bonds is 6. The first-order chi connectivity index (χ1) is 9.11. The molecule has 0 spiro atoms. The van der Waals surface area contributed by atoms with E-state index in [1.165, 1.54) is 11.8 Å². The molecule has 0 saturated heterocycles. The molecule has 0 bridgehead atoms. The lowest BCUT2D eigenvalue weighted by atomic mass is 10.4. The maximum absolute atomic E-state index is 10.6. The molecule has 19 heavy (non-hydrogen) atoms. The summed E-state index contributed by atoms with van der Waals surface area (Å²) < 4.78 is 1.96. The van der Waals surface area contributed by atoms with E-state index >= 15 is 0 Å². The maximum atomic E-state index is 10.6. The van der Waals surface area contributed by atoms with Crippen LogP contribution in [0.15, 0.2) is 11.4 Å². The van der Waals surface area contributed by atoms with E-state index in [1.807, 2.05) is 11.5 Å². The van der Waals surface area contributed by atoms with Crippen molar-refractivity contribution in [1.82, 2.24) is 19.7 Å². The fourth-order valence-corrected chi connectivity index (χ4v) is 3.05. The topological polar surface area (TPSA) is 80.9 Å². The number of nitrogens with zero attached hydrogens (tertiary/aromatic N) is 4. The van der Waals surface area contributed by atoms with Gasteiger partial charge in [-0.15, -0.1) is 21.5 Å².